The molecule has 0 aliphatic carbocycles. The predicted octanol–water partition coefficient (Wildman–Crippen LogP) is 6.73. The maximum atomic E-state index is 13.9. The van der Waals surface area contributed by atoms with Gasteiger partial charge in [0.1, 0.15) is 17.4 Å². The van der Waals surface area contributed by atoms with Crippen LogP contribution in [-0.4, -0.2) is 10.8 Å². The van der Waals surface area contributed by atoms with Crippen LogP contribution in [-0.2, 0) is 17.6 Å². The molecule has 180 valence electrons. The highest BCUT2D eigenvalue weighted by atomic mass is 19.1. The van der Waals surface area contributed by atoms with Crippen LogP contribution >= 0.6 is 0 Å². The van der Waals surface area contributed by atoms with Crippen molar-refractivity contribution in [3.05, 3.63) is 124 Å². The first-order valence-electron chi connectivity index (χ1n) is 11.6. The van der Waals surface area contributed by atoms with Gasteiger partial charge >= 0.3 is 0 Å². The van der Waals surface area contributed by atoms with Gasteiger partial charge in [0.15, 0.2) is 0 Å². The lowest BCUT2D eigenvalue weighted by Gasteiger charge is -2.31. The van der Waals surface area contributed by atoms with Crippen molar-refractivity contribution in [2.45, 2.75) is 40.0 Å². The van der Waals surface area contributed by atoms with Crippen LogP contribution in [0.2, 0.25) is 0 Å². The van der Waals surface area contributed by atoms with Crippen LogP contribution in [0.3, 0.4) is 0 Å². The first kappa shape index (κ1) is 24.2. The lowest BCUT2D eigenvalue weighted by molar-refractivity contribution is -0.123. The molecule has 0 fully saturated rings. The van der Waals surface area contributed by atoms with Crippen molar-refractivity contribution in [2.75, 3.05) is 0 Å². The molecular weight excluding hydrogens is 446 g/mol. The van der Waals surface area contributed by atoms with E-state index in [9.17, 15) is 13.6 Å². The minimum atomic E-state index is -0.636. The zero-order valence-electron chi connectivity index (χ0n) is 20.1. The number of allylic oxidation sites excluding steroid dienone is 3. The molecule has 1 N–H and O–H groups in total. The number of rotatable bonds is 7. The summed E-state index contributed by atoms with van der Waals surface area (Å²) in [6, 6.07) is 16.8. The molecule has 0 saturated carbocycles. The minimum absolute atomic E-state index is 0.156. The van der Waals surface area contributed by atoms with Gasteiger partial charge in [-0.25, -0.2) is 8.78 Å². The molecule has 0 bridgehead atoms. The van der Waals surface area contributed by atoms with E-state index in [0.717, 1.165) is 29.3 Å². The second-order valence-electron chi connectivity index (χ2n) is 8.60. The van der Waals surface area contributed by atoms with Crippen molar-refractivity contribution in [3.8, 4) is 0 Å². The fourth-order valence-electron chi connectivity index (χ4n) is 4.08. The normalized spacial score (nSPS) is 14.4. The van der Waals surface area contributed by atoms with E-state index >= 15 is 0 Å². The van der Waals surface area contributed by atoms with Crippen molar-refractivity contribution in [2.24, 2.45) is 0 Å². The molecule has 0 radical (unpaired) electrons. The summed E-state index contributed by atoms with van der Waals surface area (Å²) in [5, 5.41) is 3.39. The third-order valence-corrected chi connectivity index (χ3v) is 6.18. The fourth-order valence-corrected chi connectivity index (χ4v) is 4.08. The topological polar surface area (TPSA) is 45.5 Å². The van der Waals surface area contributed by atoms with Crippen LogP contribution < -0.4 is 5.32 Å². The lowest BCUT2D eigenvalue weighted by Crippen LogP contribution is -2.35. The van der Waals surface area contributed by atoms with Gasteiger partial charge in [-0.05, 0) is 55.7 Å². The van der Waals surface area contributed by atoms with Gasteiger partial charge < -0.3 is 9.73 Å². The van der Waals surface area contributed by atoms with Crippen molar-refractivity contribution in [1.29, 1.82) is 0 Å². The molecule has 1 aliphatic rings. The molecule has 1 aliphatic heterocycles. The standard InChI is InChI=1S/C29H28F2N2O2/c1-4-19(2)26(17-25-11-8-12-35-25)29(34)33-18-28(22-9-6-5-7-10-22)32-27(20(33)3)15-21-13-23(30)16-24(31)14-21/h5-14,16,18,32H,4,15,17H2,1-3H3/b26-19+. The molecule has 0 atom stereocenters. The Morgan fingerprint density at radius 2 is 1.74 bits per heavy atom. The smallest absolute Gasteiger partial charge is 0.258 e. The van der Waals surface area contributed by atoms with E-state index in [1.807, 2.05) is 57.2 Å². The van der Waals surface area contributed by atoms with E-state index in [-0.39, 0.29) is 12.3 Å². The molecule has 2 heterocycles. The Hall–Kier alpha value is -3.93. The second-order valence-corrected chi connectivity index (χ2v) is 8.60. The van der Waals surface area contributed by atoms with Gasteiger partial charge in [-0.15, -0.1) is 0 Å². The largest absolute Gasteiger partial charge is 0.469 e. The maximum absolute atomic E-state index is 13.9. The highest BCUT2D eigenvalue weighted by Gasteiger charge is 2.27. The van der Waals surface area contributed by atoms with Gasteiger partial charge in [0.25, 0.3) is 5.91 Å². The van der Waals surface area contributed by atoms with E-state index in [0.29, 0.717) is 34.7 Å². The molecule has 0 unspecified atom stereocenters. The summed E-state index contributed by atoms with van der Waals surface area (Å²) in [4.78, 5) is 15.5. The number of carbonyl (C=O) groups is 1. The lowest BCUT2D eigenvalue weighted by atomic mass is 9.99. The van der Waals surface area contributed by atoms with Crippen LogP contribution in [0.15, 0.2) is 100 Å². The zero-order chi connectivity index (χ0) is 24.9. The molecule has 6 heteroatoms. The third-order valence-electron chi connectivity index (χ3n) is 6.18. The highest BCUT2D eigenvalue weighted by Crippen LogP contribution is 2.29. The van der Waals surface area contributed by atoms with Crippen LogP contribution in [0, 0.1) is 11.6 Å². The van der Waals surface area contributed by atoms with Gasteiger partial charge in [-0.2, -0.15) is 0 Å². The van der Waals surface area contributed by atoms with E-state index in [4.69, 9.17) is 4.42 Å². The number of carbonyl (C=O) groups excluding carboxylic acids is 1. The summed E-state index contributed by atoms with van der Waals surface area (Å²) < 4.78 is 33.3. The number of hydrogen-bond donors (Lipinski definition) is 1. The predicted molar refractivity (Wildman–Crippen MR) is 133 cm³/mol. The average molecular weight is 475 g/mol. The van der Waals surface area contributed by atoms with E-state index in [1.165, 1.54) is 12.1 Å². The summed E-state index contributed by atoms with van der Waals surface area (Å²) in [6.45, 7) is 5.80. The average Bonchev–Trinajstić information content (AvgIpc) is 3.36. The Bertz CT molecular complexity index is 1290. The number of benzene rings is 2. The summed E-state index contributed by atoms with van der Waals surface area (Å²) in [6.07, 6.45) is 4.72. The van der Waals surface area contributed by atoms with Crippen molar-refractivity contribution in [1.82, 2.24) is 10.2 Å². The monoisotopic (exact) mass is 474 g/mol. The Morgan fingerprint density at radius 1 is 1.03 bits per heavy atom. The Balaban J connectivity index is 1.76. The number of nitrogens with zero attached hydrogens (tertiary/aromatic N) is 1. The molecule has 1 aromatic heterocycles. The highest BCUT2D eigenvalue weighted by molar-refractivity contribution is 5.97. The van der Waals surface area contributed by atoms with E-state index in [1.54, 1.807) is 23.4 Å². The number of halogens is 2. The van der Waals surface area contributed by atoms with Crippen LogP contribution in [0.1, 0.15) is 44.1 Å². The van der Waals surface area contributed by atoms with E-state index in [2.05, 4.69) is 5.32 Å². The molecule has 2 aromatic carbocycles. The Morgan fingerprint density at radius 3 is 2.37 bits per heavy atom. The molecule has 4 nitrogen and oxygen atoms in total. The van der Waals surface area contributed by atoms with Crippen LogP contribution in [0.4, 0.5) is 8.78 Å². The fraction of sp³-hybridized carbons (Fsp3) is 0.207. The number of amides is 1. The molecule has 3 aromatic rings. The van der Waals surface area contributed by atoms with Crippen molar-refractivity contribution < 1.29 is 18.0 Å². The molecule has 0 spiro atoms. The molecular formula is C29H28F2N2O2. The number of hydrogen-bond acceptors (Lipinski definition) is 3. The zero-order valence-corrected chi connectivity index (χ0v) is 20.1. The van der Waals surface area contributed by atoms with Gasteiger partial charge in [0.2, 0.25) is 0 Å². The van der Waals surface area contributed by atoms with Gasteiger partial charge in [-0.3, -0.25) is 9.69 Å². The van der Waals surface area contributed by atoms with Gasteiger partial charge in [0.05, 0.1) is 12.0 Å². The first-order valence-corrected chi connectivity index (χ1v) is 11.6. The van der Waals surface area contributed by atoms with Crippen LogP contribution in [0.5, 0.6) is 0 Å². The maximum Gasteiger partial charge on any atom is 0.258 e. The summed E-state index contributed by atoms with van der Waals surface area (Å²) in [5.74, 6) is -0.720. The SMILES string of the molecule is CC/C(C)=C(\Cc1ccco1)C(=O)N1C=C(c2ccccc2)NC(Cc2cc(F)cc(F)c2)=C1C. The third kappa shape index (κ3) is 5.60. The number of furan rings is 1. The summed E-state index contributed by atoms with van der Waals surface area (Å²) >= 11 is 0. The minimum Gasteiger partial charge on any atom is -0.469 e. The van der Waals surface area contributed by atoms with Crippen molar-refractivity contribution >= 4 is 11.6 Å². The molecule has 0 saturated heterocycles. The second kappa shape index (κ2) is 10.6. The summed E-state index contributed by atoms with van der Waals surface area (Å²) in [7, 11) is 0. The molecule has 35 heavy (non-hydrogen) atoms. The van der Waals surface area contributed by atoms with Crippen molar-refractivity contribution in [3.63, 3.8) is 0 Å². The quantitative estimate of drug-likeness (QED) is 0.386. The van der Waals surface area contributed by atoms with Gasteiger partial charge in [-0.1, -0.05) is 42.8 Å². The van der Waals surface area contributed by atoms with Crippen LogP contribution in [0.25, 0.3) is 5.70 Å². The molecule has 1 amide bonds. The summed E-state index contributed by atoms with van der Waals surface area (Å²) in [5.41, 5.74) is 5.08. The first-order chi connectivity index (χ1) is 16.9. The van der Waals surface area contributed by atoms with E-state index < -0.39 is 11.6 Å². The molecule has 4 rings (SSSR count). The van der Waals surface area contributed by atoms with Gasteiger partial charge in [0, 0.05) is 42.1 Å². The number of nitrogens with one attached hydrogen (secondary N) is 1. The Labute approximate surface area is 204 Å². The Kier molecular flexibility index (Phi) is 7.30.